The molecule has 0 fully saturated rings. The van der Waals surface area contributed by atoms with E-state index in [1.54, 1.807) is 0 Å². The molecule has 1 heterocycles. The molecule has 3 rings (SSSR count). The van der Waals surface area contributed by atoms with E-state index in [9.17, 15) is 4.79 Å². The molecule has 3 aromatic rings. The van der Waals surface area contributed by atoms with Crippen molar-refractivity contribution in [2.75, 3.05) is 0 Å². The molecule has 1 amide bonds. The van der Waals surface area contributed by atoms with Gasteiger partial charge in [0.05, 0.1) is 17.6 Å². The normalized spacial score (nSPS) is 10.7. The fraction of sp³-hybridized carbons (Fsp3) is 0.125. The molecule has 0 aliphatic rings. The van der Waals surface area contributed by atoms with Crippen LogP contribution in [0.2, 0.25) is 0 Å². The lowest BCUT2D eigenvalue weighted by atomic mass is 10.2. The third kappa shape index (κ3) is 2.97. The molecule has 1 aromatic heterocycles. The van der Waals surface area contributed by atoms with Crippen LogP contribution in [0.5, 0.6) is 0 Å². The van der Waals surface area contributed by atoms with E-state index >= 15 is 0 Å². The van der Waals surface area contributed by atoms with Crippen LogP contribution >= 0.6 is 15.9 Å². The average molecular weight is 344 g/mol. The number of halogens is 1. The molecule has 0 radical (unpaired) electrons. The van der Waals surface area contributed by atoms with Crippen molar-refractivity contribution >= 4 is 33.4 Å². The molecule has 2 aromatic carbocycles. The van der Waals surface area contributed by atoms with Gasteiger partial charge in [-0.15, -0.1) is 0 Å². The predicted molar refractivity (Wildman–Crippen MR) is 85.9 cm³/mol. The van der Waals surface area contributed by atoms with E-state index in [1.807, 2.05) is 36.4 Å². The van der Waals surface area contributed by atoms with Gasteiger partial charge in [0.2, 0.25) is 6.41 Å². The third-order valence-corrected chi connectivity index (χ3v) is 3.86. The van der Waals surface area contributed by atoms with Crippen LogP contribution in [0.4, 0.5) is 0 Å². The van der Waals surface area contributed by atoms with Crippen LogP contribution in [0.15, 0.2) is 53.0 Å². The Labute approximate surface area is 130 Å². The van der Waals surface area contributed by atoms with Crippen molar-refractivity contribution < 1.29 is 4.79 Å². The summed E-state index contributed by atoms with van der Waals surface area (Å²) < 4.78 is 3.19. The number of nitrogens with one attached hydrogen (secondary N) is 1. The van der Waals surface area contributed by atoms with Gasteiger partial charge >= 0.3 is 0 Å². The Bertz CT molecular complexity index is 765. The molecular formula is C16H14BrN3O. The topological polar surface area (TPSA) is 46.9 Å². The van der Waals surface area contributed by atoms with Crippen molar-refractivity contribution in [1.29, 1.82) is 0 Å². The fourth-order valence-corrected chi connectivity index (χ4v) is 2.61. The van der Waals surface area contributed by atoms with Crippen LogP contribution in [0, 0.1) is 0 Å². The van der Waals surface area contributed by atoms with Gasteiger partial charge in [-0.1, -0.05) is 40.2 Å². The smallest absolute Gasteiger partial charge is 0.207 e. The quantitative estimate of drug-likeness (QED) is 0.723. The van der Waals surface area contributed by atoms with E-state index in [4.69, 9.17) is 0 Å². The zero-order chi connectivity index (χ0) is 14.7. The first-order valence-electron chi connectivity index (χ1n) is 6.63. The standard InChI is InChI=1S/C16H14BrN3O/c17-13-7-5-12(6-8-13)10-20-15-4-2-1-3-14(15)19-16(20)9-18-11-21/h1-8,11H,9-10H2,(H,18,21). The van der Waals surface area contributed by atoms with E-state index in [0.717, 1.165) is 27.9 Å². The number of nitrogens with zero attached hydrogens (tertiary/aromatic N) is 2. The molecule has 1 N–H and O–H groups in total. The Kier molecular flexibility index (Phi) is 4.01. The molecule has 106 valence electrons. The SMILES string of the molecule is O=CNCc1nc2ccccc2n1Cc1ccc(Br)cc1. The van der Waals surface area contributed by atoms with Crippen molar-refractivity contribution in [2.45, 2.75) is 13.1 Å². The highest BCUT2D eigenvalue weighted by Crippen LogP contribution is 2.19. The maximum atomic E-state index is 10.5. The van der Waals surface area contributed by atoms with Crippen LogP contribution in [-0.4, -0.2) is 16.0 Å². The Morgan fingerprint density at radius 1 is 1.14 bits per heavy atom. The van der Waals surface area contributed by atoms with Crippen molar-refractivity contribution in [2.24, 2.45) is 0 Å². The molecule has 0 aliphatic carbocycles. The highest BCUT2D eigenvalue weighted by molar-refractivity contribution is 9.10. The van der Waals surface area contributed by atoms with E-state index in [1.165, 1.54) is 5.56 Å². The van der Waals surface area contributed by atoms with Crippen molar-refractivity contribution in [3.05, 3.63) is 64.4 Å². The van der Waals surface area contributed by atoms with Crippen LogP contribution in [0.25, 0.3) is 11.0 Å². The van der Waals surface area contributed by atoms with Crippen LogP contribution in [0.1, 0.15) is 11.4 Å². The number of hydrogen-bond acceptors (Lipinski definition) is 2. The monoisotopic (exact) mass is 343 g/mol. The number of carbonyl (C=O) groups excluding carboxylic acids is 1. The summed E-state index contributed by atoms with van der Waals surface area (Å²) in [6.45, 7) is 1.15. The van der Waals surface area contributed by atoms with Gasteiger partial charge in [0, 0.05) is 11.0 Å². The second-order valence-electron chi connectivity index (χ2n) is 4.73. The molecular weight excluding hydrogens is 330 g/mol. The first-order chi connectivity index (χ1) is 10.3. The van der Waals surface area contributed by atoms with Crippen molar-refractivity contribution in [1.82, 2.24) is 14.9 Å². The third-order valence-electron chi connectivity index (χ3n) is 3.33. The van der Waals surface area contributed by atoms with Gasteiger partial charge in [-0.25, -0.2) is 4.98 Å². The first kappa shape index (κ1) is 13.8. The number of imidazole rings is 1. The van der Waals surface area contributed by atoms with Gasteiger partial charge in [-0.2, -0.15) is 0 Å². The number of rotatable bonds is 5. The van der Waals surface area contributed by atoms with Gasteiger partial charge < -0.3 is 9.88 Å². The van der Waals surface area contributed by atoms with E-state index < -0.39 is 0 Å². The van der Waals surface area contributed by atoms with Gasteiger partial charge in [0.25, 0.3) is 0 Å². The highest BCUT2D eigenvalue weighted by atomic mass is 79.9. The molecule has 5 heteroatoms. The minimum Gasteiger partial charge on any atom is -0.351 e. The molecule has 21 heavy (non-hydrogen) atoms. The lowest BCUT2D eigenvalue weighted by Crippen LogP contribution is -2.15. The zero-order valence-corrected chi connectivity index (χ0v) is 12.9. The lowest BCUT2D eigenvalue weighted by molar-refractivity contribution is -0.109. The molecule has 0 saturated carbocycles. The summed E-state index contributed by atoms with van der Waals surface area (Å²) >= 11 is 3.44. The van der Waals surface area contributed by atoms with Gasteiger partial charge in [0.15, 0.2) is 0 Å². The number of hydrogen-bond donors (Lipinski definition) is 1. The molecule has 0 atom stereocenters. The van der Waals surface area contributed by atoms with E-state index in [-0.39, 0.29) is 0 Å². The summed E-state index contributed by atoms with van der Waals surface area (Å²) in [7, 11) is 0. The summed E-state index contributed by atoms with van der Waals surface area (Å²) in [6, 6.07) is 16.2. The first-order valence-corrected chi connectivity index (χ1v) is 7.43. The fourth-order valence-electron chi connectivity index (χ4n) is 2.34. The van der Waals surface area contributed by atoms with Crippen molar-refractivity contribution in [3.63, 3.8) is 0 Å². The Hall–Kier alpha value is -2.14. The Morgan fingerprint density at radius 2 is 1.90 bits per heavy atom. The maximum Gasteiger partial charge on any atom is 0.207 e. The molecule has 0 unspecified atom stereocenters. The van der Waals surface area contributed by atoms with Gasteiger partial charge in [0.1, 0.15) is 5.82 Å². The van der Waals surface area contributed by atoms with E-state index in [0.29, 0.717) is 13.0 Å². The molecule has 0 spiro atoms. The van der Waals surface area contributed by atoms with Gasteiger partial charge in [-0.05, 0) is 29.8 Å². The minimum absolute atomic E-state index is 0.425. The number of amides is 1. The largest absolute Gasteiger partial charge is 0.351 e. The van der Waals surface area contributed by atoms with Gasteiger partial charge in [-0.3, -0.25) is 4.79 Å². The number of carbonyl (C=O) groups is 1. The molecule has 0 saturated heterocycles. The number of aromatic nitrogens is 2. The average Bonchev–Trinajstić information content (AvgIpc) is 2.85. The predicted octanol–water partition coefficient (Wildman–Crippen LogP) is 3.09. The van der Waals surface area contributed by atoms with Crippen LogP contribution < -0.4 is 5.32 Å². The highest BCUT2D eigenvalue weighted by Gasteiger charge is 2.10. The summed E-state index contributed by atoms with van der Waals surface area (Å²) in [5, 5.41) is 2.69. The van der Waals surface area contributed by atoms with E-state index in [2.05, 4.69) is 42.9 Å². The Balaban J connectivity index is 2.01. The zero-order valence-electron chi connectivity index (χ0n) is 11.3. The lowest BCUT2D eigenvalue weighted by Gasteiger charge is -2.09. The number of para-hydroxylation sites is 2. The van der Waals surface area contributed by atoms with Crippen LogP contribution in [0.3, 0.4) is 0 Å². The minimum atomic E-state index is 0.425. The second kappa shape index (κ2) is 6.10. The van der Waals surface area contributed by atoms with Crippen LogP contribution in [-0.2, 0) is 17.9 Å². The summed E-state index contributed by atoms with van der Waals surface area (Å²) in [5.74, 6) is 0.853. The Morgan fingerprint density at radius 3 is 2.67 bits per heavy atom. The number of benzene rings is 2. The summed E-state index contributed by atoms with van der Waals surface area (Å²) in [6.07, 6.45) is 0.698. The molecule has 0 bridgehead atoms. The molecule has 0 aliphatic heterocycles. The van der Waals surface area contributed by atoms with Crippen molar-refractivity contribution in [3.8, 4) is 0 Å². The molecule has 4 nitrogen and oxygen atoms in total. The summed E-state index contributed by atoms with van der Waals surface area (Å²) in [4.78, 5) is 15.1. The summed E-state index contributed by atoms with van der Waals surface area (Å²) in [5.41, 5.74) is 3.20. The second-order valence-corrected chi connectivity index (χ2v) is 5.64. The number of fused-ring (bicyclic) bond motifs is 1. The maximum absolute atomic E-state index is 10.5.